The highest BCUT2D eigenvalue weighted by atomic mass is 19.1. The Labute approximate surface area is 77.4 Å². The fourth-order valence-corrected chi connectivity index (χ4v) is 1.74. The Hall–Kier alpha value is -0.960. The van der Waals surface area contributed by atoms with Crippen LogP contribution in [0, 0.1) is 5.95 Å². The van der Waals surface area contributed by atoms with Gasteiger partial charge >= 0.3 is 0 Å². The van der Waals surface area contributed by atoms with Crippen LogP contribution in [-0.4, -0.2) is 23.0 Å². The number of pyridine rings is 1. The van der Waals surface area contributed by atoms with Gasteiger partial charge in [-0.3, -0.25) is 4.90 Å². The van der Waals surface area contributed by atoms with Crippen LogP contribution in [0.3, 0.4) is 0 Å². The molecule has 1 aromatic heterocycles. The predicted molar refractivity (Wildman–Crippen MR) is 48.7 cm³/mol. The fourth-order valence-electron chi connectivity index (χ4n) is 1.74. The van der Waals surface area contributed by atoms with Gasteiger partial charge in [0.1, 0.15) is 0 Å². The first-order chi connectivity index (χ1) is 6.34. The third-order valence-electron chi connectivity index (χ3n) is 2.40. The summed E-state index contributed by atoms with van der Waals surface area (Å²) in [6, 6.07) is 3.39. The Bertz CT molecular complexity index is 282. The molecule has 0 amide bonds. The third kappa shape index (κ3) is 2.25. The molecule has 2 heterocycles. The second-order valence-electron chi connectivity index (χ2n) is 3.47. The lowest BCUT2D eigenvalue weighted by atomic mass is 10.2. The largest absolute Gasteiger partial charge is 0.299 e. The molecule has 0 aliphatic carbocycles. The summed E-state index contributed by atoms with van der Waals surface area (Å²) in [6.07, 6.45) is 4.07. The topological polar surface area (TPSA) is 16.1 Å². The van der Waals surface area contributed by atoms with Crippen LogP contribution >= 0.6 is 0 Å². The van der Waals surface area contributed by atoms with E-state index >= 15 is 0 Å². The van der Waals surface area contributed by atoms with Crippen molar-refractivity contribution in [3.05, 3.63) is 29.8 Å². The summed E-state index contributed by atoms with van der Waals surface area (Å²) >= 11 is 0. The van der Waals surface area contributed by atoms with Crippen LogP contribution in [0.1, 0.15) is 18.4 Å². The molecule has 0 saturated carbocycles. The molecule has 1 aliphatic rings. The Morgan fingerprint density at radius 2 is 2.15 bits per heavy atom. The second kappa shape index (κ2) is 3.83. The number of nitrogens with zero attached hydrogens (tertiary/aromatic N) is 2. The molecule has 13 heavy (non-hydrogen) atoms. The Balaban J connectivity index is 2.00. The molecule has 0 N–H and O–H groups in total. The maximum absolute atomic E-state index is 12.7. The summed E-state index contributed by atoms with van der Waals surface area (Å²) in [7, 11) is 0. The highest BCUT2D eigenvalue weighted by molar-refractivity contribution is 5.10. The van der Waals surface area contributed by atoms with Crippen molar-refractivity contribution in [2.24, 2.45) is 0 Å². The monoisotopic (exact) mass is 180 g/mol. The summed E-state index contributed by atoms with van der Waals surface area (Å²) in [5, 5.41) is 0. The fraction of sp³-hybridized carbons (Fsp3) is 0.500. The first-order valence-corrected chi connectivity index (χ1v) is 4.67. The maximum atomic E-state index is 12.7. The Kier molecular flexibility index (Phi) is 2.54. The average molecular weight is 180 g/mol. The molecule has 1 aromatic rings. The zero-order chi connectivity index (χ0) is 9.10. The minimum absolute atomic E-state index is 0.378. The Morgan fingerprint density at radius 1 is 1.38 bits per heavy atom. The molecule has 2 nitrogen and oxygen atoms in total. The first-order valence-electron chi connectivity index (χ1n) is 4.67. The summed E-state index contributed by atoms with van der Waals surface area (Å²) in [5.74, 6) is -0.378. The van der Waals surface area contributed by atoms with E-state index in [2.05, 4.69) is 9.88 Å². The van der Waals surface area contributed by atoms with Crippen LogP contribution in [0.5, 0.6) is 0 Å². The van der Waals surface area contributed by atoms with Gasteiger partial charge in [0, 0.05) is 12.7 Å². The molecule has 0 atom stereocenters. The summed E-state index contributed by atoms with van der Waals surface area (Å²) in [5.41, 5.74) is 1.02. The number of hydrogen-bond donors (Lipinski definition) is 0. The molecular weight excluding hydrogens is 167 g/mol. The second-order valence-corrected chi connectivity index (χ2v) is 3.47. The van der Waals surface area contributed by atoms with Gasteiger partial charge in [0.15, 0.2) is 0 Å². The number of rotatable bonds is 2. The van der Waals surface area contributed by atoms with Gasteiger partial charge in [-0.25, -0.2) is 4.98 Å². The first kappa shape index (κ1) is 8.63. The number of hydrogen-bond acceptors (Lipinski definition) is 2. The standard InChI is InChI=1S/C10H13FN2/c11-10-7-9(3-4-12-10)8-13-5-1-2-6-13/h3-4,7H,1-2,5-6,8H2. The van der Waals surface area contributed by atoms with Crippen LogP contribution in [0.4, 0.5) is 4.39 Å². The van der Waals surface area contributed by atoms with Crippen LogP contribution in [0.25, 0.3) is 0 Å². The van der Waals surface area contributed by atoms with Crippen LogP contribution in [0.15, 0.2) is 18.3 Å². The molecule has 70 valence electrons. The molecule has 1 saturated heterocycles. The van der Waals surface area contributed by atoms with Crippen molar-refractivity contribution in [1.82, 2.24) is 9.88 Å². The van der Waals surface area contributed by atoms with Crippen molar-refractivity contribution in [1.29, 1.82) is 0 Å². The molecule has 0 spiro atoms. The molecule has 1 aliphatic heterocycles. The Morgan fingerprint density at radius 3 is 2.85 bits per heavy atom. The minimum atomic E-state index is -0.378. The normalized spacial score (nSPS) is 17.9. The highest BCUT2D eigenvalue weighted by Crippen LogP contribution is 2.12. The van der Waals surface area contributed by atoms with E-state index in [0.717, 1.165) is 25.2 Å². The summed E-state index contributed by atoms with van der Waals surface area (Å²) in [4.78, 5) is 5.87. The number of aromatic nitrogens is 1. The molecule has 2 rings (SSSR count). The molecule has 0 bridgehead atoms. The molecule has 1 fully saturated rings. The van der Waals surface area contributed by atoms with Crippen molar-refractivity contribution >= 4 is 0 Å². The lowest BCUT2D eigenvalue weighted by Gasteiger charge is -2.13. The summed E-state index contributed by atoms with van der Waals surface area (Å²) < 4.78 is 12.7. The van der Waals surface area contributed by atoms with Gasteiger partial charge in [-0.1, -0.05) is 0 Å². The van der Waals surface area contributed by atoms with Gasteiger partial charge in [0.2, 0.25) is 5.95 Å². The average Bonchev–Trinajstić information content (AvgIpc) is 2.57. The van der Waals surface area contributed by atoms with Crippen molar-refractivity contribution < 1.29 is 4.39 Å². The van der Waals surface area contributed by atoms with Gasteiger partial charge in [-0.05, 0) is 43.6 Å². The van der Waals surface area contributed by atoms with E-state index in [4.69, 9.17) is 0 Å². The lowest BCUT2D eigenvalue weighted by Crippen LogP contribution is -2.18. The van der Waals surface area contributed by atoms with E-state index in [-0.39, 0.29) is 5.95 Å². The summed E-state index contributed by atoms with van der Waals surface area (Å²) in [6.45, 7) is 3.15. The molecule has 0 unspecified atom stereocenters. The zero-order valence-electron chi connectivity index (χ0n) is 7.54. The van der Waals surface area contributed by atoms with E-state index in [1.165, 1.54) is 25.1 Å². The van der Waals surface area contributed by atoms with Crippen molar-refractivity contribution in [3.63, 3.8) is 0 Å². The van der Waals surface area contributed by atoms with E-state index < -0.39 is 0 Å². The van der Waals surface area contributed by atoms with Gasteiger partial charge in [-0.2, -0.15) is 4.39 Å². The minimum Gasteiger partial charge on any atom is -0.299 e. The van der Waals surface area contributed by atoms with E-state index in [9.17, 15) is 4.39 Å². The lowest BCUT2D eigenvalue weighted by molar-refractivity contribution is 0.330. The number of likely N-dealkylation sites (tertiary alicyclic amines) is 1. The van der Waals surface area contributed by atoms with Crippen LogP contribution in [-0.2, 0) is 6.54 Å². The molecule has 0 radical (unpaired) electrons. The van der Waals surface area contributed by atoms with Crippen LogP contribution < -0.4 is 0 Å². The zero-order valence-corrected chi connectivity index (χ0v) is 7.54. The molecule has 0 aromatic carbocycles. The van der Waals surface area contributed by atoms with Gasteiger partial charge in [0.25, 0.3) is 0 Å². The van der Waals surface area contributed by atoms with Crippen molar-refractivity contribution in [3.8, 4) is 0 Å². The quantitative estimate of drug-likeness (QED) is 0.645. The predicted octanol–water partition coefficient (Wildman–Crippen LogP) is 1.82. The third-order valence-corrected chi connectivity index (χ3v) is 2.40. The highest BCUT2D eigenvalue weighted by Gasteiger charge is 2.11. The van der Waals surface area contributed by atoms with Crippen molar-refractivity contribution in [2.75, 3.05) is 13.1 Å². The molecular formula is C10H13FN2. The maximum Gasteiger partial charge on any atom is 0.213 e. The molecule has 3 heteroatoms. The van der Waals surface area contributed by atoms with E-state index in [1.54, 1.807) is 0 Å². The van der Waals surface area contributed by atoms with E-state index in [0.29, 0.717) is 0 Å². The van der Waals surface area contributed by atoms with Crippen LogP contribution in [0.2, 0.25) is 0 Å². The smallest absolute Gasteiger partial charge is 0.213 e. The SMILES string of the molecule is Fc1cc(CN2CCCC2)ccn1. The van der Waals surface area contributed by atoms with Crippen molar-refractivity contribution in [2.45, 2.75) is 19.4 Å². The van der Waals surface area contributed by atoms with Gasteiger partial charge in [-0.15, -0.1) is 0 Å². The van der Waals surface area contributed by atoms with Gasteiger partial charge in [0.05, 0.1) is 0 Å². The van der Waals surface area contributed by atoms with Gasteiger partial charge < -0.3 is 0 Å². The number of halogens is 1. The van der Waals surface area contributed by atoms with E-state index in [1.807, 2.05) is 6.07 Å².